The molecule has 7 rings (SSSR count). The first-order valence-electron chi connectivity index (χ1n) is 15.7. The standard InChI is InChI=1S/C42H40N2.Pt/c1-39(2)29-23-27-15-9-11-17-31(27)33(25-29)41(5,6)38-22-14-20-36(44-38)40(3,4)30-24-28-16-10-12-18-32(28)34(26-30)42(7,8)37-21-13-19-35(39)43-37;/h9-24H,1-8H3;/q-2;+2. The molecule has 0 saturated heterocycles. The van der Waals surface area contributed by atoms with E-state index in [0.29, 0.717) is 0 Å². The molecule has 0 spiro atoms. The monoisotopic (exact) mass is 767 g/mol. The molecule has 6 aromatic rings. The maximum atomic E-state index is 5.44. The molecule has 3 heteroatoms. The number of aromatic nitrogens is 2. The van der Waals surface area contributed by atoms with Crippen LogP contribution in [-0.4, -0.2) is 9.97 Å². The number of nitrogens with zero attached hydrogens (tertiary/aromatic N) is 2. The Hall–Kier alpha value is -3.61. The summed E-state index contributed by atoms with van der Waals surface area (Å²) < 4.78 is 0. The molecular formula is C42H40N2Pt. The molecule has 228 valence electrons. The molecule has 0 N–H and O–H groups in total. The van der Waals surface area contributed by atoms with Gasteiger partial charge in [-0.3, -0.25) is 9.97 Å². The number of benzene rings is 4. The number of fused-ring (bicyclic) bond motifs is 12. The van der Waals surface area contributed by atoms with Gasteiger partial charge in [0.15, 0.2) is 0 Å². The van der Waals surface area contributed by atoms with Crippen molar-refractivity contribution >= 4 is 21.5 Å². The Labute approximate surface area is 282 Å². The van der Waals surface area contributed by atoms with Gasteiger partial charge < -0.3 is 0 Å². The SMILES string of the molecule is CC1(C)c2[c-]c(c3ccccc3c2)C(C)(C)c2cccc(n2)C(C)(C)c2[c-]c(c3ccccc3c2)C(C)(C)c2cccc1n2.[Pt+2]. The van der Waals surface area contributed by atoms with Crippen molar-refractivity contribution in [3.05, 3.63) is 154 Å². The fraction of sp³-hybridized carbons (Fsp3) is 0.286. The van der Waals surface area contributed by atoms with Gasteiger partial charge >= 0.3 is 21.1 Å². The maximum Gasteiger partial charge on any atom is 2.00 e. The Bertz CT molecular complexity index is 1930. The smallest absolute Gasteiger partial charge is 0.256 e. The van der Waals surface area contributed by atoms with Crippen LogP contribution in [0, 0.1) is 12.1 Å². The summed E-state index contributed by atoms with van der Waals surface area (Å²) in [5, 5.41) is 4.84. The third kappa shape index (κ3) is 4.88. The zero-order chi connectivity index (χ0) is 31.1. The van der Waals surface area contributed by atoms with Crippen molar-refractivity contribution in [1.29, 1.82) is 0 Å². The third-order valence-corrected chi connectivity index (χ3v) is 10.2. The Morgan fingerprint density at radius 2 is 0.756 bits per heavy atom. The molecule has 0 fully saturated rings. The van der Waals surface area contributed by atoms with Crippen molar-refractivity contribution in [1.82, 2.24) is 9.97 Å². The minimum Gasteiger partial charge on any atom is -0.256 e. The fourth-order valence-electron chi connectivity index (χ4n) is 6.94. The van der Waals surface area contributed by atoms with Crippen LogP contribution in [0.15, 0.2) is 97.1 Å². The summed E-state index contributed by atoms with van der Waals surface area (Å²) >= 11 is 0. The first kappa shape index (κ1) is 31.4. The summed E-state index contributed by atoms with van der Waals surface area (Å²) in [4.78, 5) is 10.9. The zero-order valence-corrected chi connectivity index (χ0v) is 29.7. The van der Waals surface area contributed by atoms with Crippen molar-refractivity contribution in [3.63, 3.8) is 0 Å². The first-order chi connectivity index (χ1) is 20.8. The van der Waals surface area contributed by atoms with E-state index in [1.54, 1.807) is 0 Å². The number of pyridine rings is 2. The van der Waals surface area contributed by atoms with Crippen molar-refractivity contribution in [2.45, 2.75) is 77.0 Å². The van der Waals surface area contributed by atoms with Crippen molar-refractivity contribution in [3.8, 4) is 0 Å². The molecule has 8 bridgehead atoms. The first-order valence-corrected chi connectivity index (χ1v) is 15.7. The number of hydrogen-bond acceptors (Lipinski definition) is 2. The van der Waals surface area contributed by atoms with Gasteiger partial charge in [0.05, 0.1) is 0 Å². The molecule has 2 nitrogen and oxygen atoms in total. The second-order valence-electron chi connectivity index (χ2n) is 14.6. The largest absolute Gasteiger partial charge is 2.00 e. The molecule has 45 heavy (non-hydrogen) atoms. The molecule has 3 heterocycles. The van der Waals surface area contributed by atoms with Crippen LogP contribution in [-0.2, 0) is 42.7 Å². The van der Waals surface area contributed by atoms with Crippen LogP contribution in [0.1, 0.15) is 100 Å². The second kappa shape index (κ2) is 10.7. The van der Waals surface area contributed by atoms with Gasteiger partial charge in [0.2, 0.25) is 0 Å². The summed E-state index contributed by atoms with van der Waals surface area (Å²) in [6.45, 7) is 18.2. The third-order valence-electron chi connectivity index (χ3n) is 10.2. The van der Waals surface area contributed by atoms with Crippen LogP contribution in [0.5, 0.6) is 0 Å². The molecule has 2 aromatic heterocycles. The van der Waals surface area contributed by atoms with Crippen molar-refractivity contribution in [2.75, 3.05) is 0 Å². The molecular weight excluding hydrogens is 728 g/mol. The molecule has 0 unspecified atom stereocenters. The van der Waals surface area contributed by atoms with E-state index in [2.05, 4.69) is 165 Å². The van der Waals surface area contributed by atoms with Gasteiger partial charge in [-0.05, 0) is 24.3 Å². The minimum atomic E-state index is -0.398. The predicted octanol–water partition coefficient (Wildman–Crippen LogP) is 10.00. The van der Waals surface area contributed by atoms with Crippen LogP contribution in [0.25, 0.3) is 21.5 Å². The van der Waals surface area contributed by atoms with E-state index in [0.717, 1.165) is 45.0 Å². The van der Waals surface area contributed by atoms with Gasteiger partial charge in [-0.25, -0.2) is 0 Å². The predicted molar refractivity (Wildman–Crippen MR) is 183 cm³/mol. The Morgan fingerprint density at radius 1 is 0.422 bits per heavy atom. The fourth-order valence-corrected chi connectivity index (χ4v) is 6.94. The second-order valence-corrected chi connectivity index (χ2v) is 14.6. The molecule has 0 aliphatic carbocycles. The van der Waals surface area contributed by atoms with E-state index in [-0.39, 0.29) is 31.9 Å². The van der Waals surface area contributed by atoms with Gasteiger partial charge in [0, 0.05) is 44.4 Å². The topological polar surface area (TPSA) is 25.8 Å². The summed E-state index contributed by atoms with van der Waals surface area (Å²) in [5.41, 5.74) is 7.14. The van der Waals surface area contributed by atoms with E-state index in [4.69, 9.17) is 9.97 Å². The average Bonchev–Trinajstić information content (AvgIpc) is 3.03. The van der Waals surface area contributed by atoms with Crippen LogP contribution in [0.3, 0.4) is 0 Å². The van der Waals surface area contributed by atoms with Crippen LogP contribution in [0.2, 0.25) is 0 Å². The number of rotatable bonds is 0. The minimum absolute atomic E-state index is 0. The van der Waals surface area contributed by atoms with Gasteiger partial charge in [-0.1, -0.05) is 104 Å². The Morgan fingerprint density at radius 3 is 1.13 bits per heavy atom. The quantitative estimate of drug-likeness (QED) is 0.144. The summed E-state index contributed by atoms with van der Waals surface area (Å²) in [7, 11) is 0. The van der Waals surface area contributed by atoms with Gasteiger partial charge in [-0.2, -0.15) is 24.3 Å². The molecule has 0 atom stereocenters. The summed E-state index contributed by atoms with van der Waals surface area (Å²) in [5.74, 6) is 0. The molecule has 1 aliphatic heterocycles. The summed E-state index contributed by atoms with van der Waals surface area (Å²) in [6.07, 6.45) is 0. The van der Waals surface area contributed by atoms with E-state index in [1.807, 2.05) is 0 Å². The van der Waals surface area contributed by atoms with Crippen LogP contribution in [0.4, 0.5) is 0 Å². The van der Waals surface area contributed by atoms with Crippen molar-refractivity contribution < 1.29 is 21.1 Å². The van der Waals surface area contributed by atoms with Gasteiger partial charge in [0.25, 0.3) is 0 Å². The van der Waals surface area contributed by atoms with Crippen molar-refractivity contribution in [2.24, 2.45) is 0 Å². The average molecular weight is 768 g/mol. The Balaban J connectivity index is 0.00000357. The van der Waals surface area contributed by atoms with E-state index >= 15 is 0 Å². The van der Waals surface area contributed by atoms with Gasteiger partial charge in [0.1, 0.15) is 0 Å². The molecule has 4 aromatic carbocycles. The van der Waals surface area contributed by atoms with E-state index in [1.165, 1.54) is 21.5 Å². The molecule has 1 aliphatic rings. The van der Waals surface area contributed by atoms with E-state index < -0.39 is 10.8 Å². The Kier molecular flexibility index (Phi) is 7.49. The summed E-state index contributed by atoms with van der Waals surface area (Å²) in [6, 6.07) is 42.9. The molecule has 0 saturated carbocycles. The van der Waals surface area contributed by atoms with E-state index in [9.17, 15) is 0 Å². The zero-order valence-electron chi connectivity index (χ0n) is 27.4. The normalized spacial score (nSPS) is 17.4. The number of hydrogen-bond donors (Lipinski definition) is 0. The van der Waals surface area contributed by atoms with Crippen LogP contribution < -0.4 is 0 Å². The van der Waals surface area contributed by atoms with Gasteiger partial charge in [-0.15, -0.1) is 55.9 Å². The maximum absolute atomic E-state index is 5.44. The van der Waals surface area contributed by atoms with Crippen LogP contribution >= 0.6 is 0 Å². The molecule has 0 radical (unpaired) electrons. The molecule has 0 amide bonds.